The van der Waals surface area contributed by atoms with Gasteiger partial charge in [0, 0.05) is 6.54 Å². The molecule has 1 atom stereocenters. The smallest absolute Gasteiger partial charge is 0.410 e. The van der Waals surface area contributed by atoms with E-state index in [-0.39, 0.29) is 12.2 Å². The van der Waals surface area contributed by atoms with E-state index >= 15 is 0 Å². The second kappa shape index (κ2) is 6.37. The van der Waals surface area contributed by atoms with Crippen molar-refractivity contribution in [2.24, 2.45) is 0 Å². The molecule has 1 aromatic rings. The number of benzene rings is 1. The normalized spacial score (nSPS) is 19.2. The number of rotatable bonds is 2. The Morgan fingerprint density at radius 2 is 2.10 bits per heavy atom. The summed E-state index contributed by atoms with van der Waals surface area (Å²) in [5.74, 6) is 0.867. The number of hydrogen-bond donors (Lipinski definition) is 0. The highest BCUT2D eigenvalue weighted by atomic mass is 16.6. The molecular weight excluding hydrogens is 266 g/mol. The molecule has 0 bridgehead atoms. The van der Waals surface area contributed by atoms with Crippen molar-refractivity contribution in [2.45, 2.75) is 52.2 Å². The predicted octanol–water partition coefficient (Wildman–Crippen LogP) is 3.77. The van der Waals surface area contributed by atoms with E-state index in [1.54, 1.807) is 4.90 Å². The van der Waals surface area contributed by atoms with E-state index in [1.807, 2.05) is 52.0 Å². The number of nitrogens with zero attached hydrogens (tertiary/aromatic N) is 1. The third kappa shape index (κ3) is 4.96. The van der Waals surface area contributed by atoms with Crippen LogP contribution in [-0.2, 0) is 4.74 Å². The zero-order valence-corrected chi connectivity index (χ0v) is 13.4. The summed E-state index contributed by atoms with van der Waals surface area (Å²) in [4.78, 5) is 13.9. The zero-order valence-electron chi connectivity index (χ0n) is 13.4. The summed E-state index contributed by atoms with van der Waals surface area (Å²) in [5.41, 5.74) is 0.717. The molecule has 1 fully saturated rings. The van der Waals surface area contributed by atoms with Crippen molar-refractivity contribution in [3.05, 3.63) is 29.8 Å². The lowest BCUT2D eigenvalue weighted by Gasteiger charge is -2.34. The topological polar surface area (TPSA) is 38.8 Å². The van der Waals surface area contributed by atoms with Gasteiger partial charge in [-0.15, -0.1) is 0 Å². The Morgan fingerprint density at radius 3 is 2.76 bits per heavy atom. The number of carbonyl (C=O) groups is 1. The second-order valence-electron chi connectivity index (χ2n) is 6.62. The molecule has 0 radical (unpaired) electrons. The van der Waals surface area contributed by atoms with Crippen LogP contribution in [0.2, 0.25) is 0 Å². The zero-order chi connectivity index (χ0) is 15.5. The lowest BCUT2D eigenvalue weighted by Crippen LogP contribution is -2.46. The highest BCUT2D eigenvalue weighted by Crippen LogP contribution is 2.21. The molecule has 1 amide bonds. The molecule has 0 aliphatic carbocycles. The van der Waals surface area contributed by atoms with E-state index in [0.29, 0.717) is 6.54 Å². The fourth-order valence-corrected chi connectivity index (χ4v) is 2.41. The Bertz CT molecular complexity index is 493. The van der Waals surface area contributed by atoms with Crippen LogP contribution >= 0.6 is 0 Å². The molecule has 0 aromatic heterocycles. The van der Waals surface area contributed by atoms with Crippen molar-refractivity contribution in [3.8, 4) is 5.75 Å². The van der Waals surface area contributed by atoms with E-state index in [1.165, 1.54) is 5.56 Å². The van der Waals surface area contributed by atoms with E-state index in [4.69, 9.17) is 9.47 Å². The maximum Gasteiger partial charge on any atom is 0.410 e. The van der Waals surface area contributed by atoms with Gasteiger partial charge in [-0.2, -0.15) is 0 Å². The molecule has 1 heterocycles. The molecular formula is C17H25NO3. The maximum atomic E-state index is 12.1. The van der Waals surface area contributed by atoms with Crippen LogP contribution in [0.4, 0.5) is 4.79 Å². The van der Waals surface area contributed by atoms with E-state index < -0.39 is 5.60 Å². The monoisotopic (exact) mass is 291 g/mol. The Balaban J connectivity index is 1.93. The van der Waals surface area contributed by atoms with Gasteiger partial charge in [-0.25, -0.2) is 4.79 Å². The van der Waals surface area contributed by atoms with Crippen molar-refractivity contribution in [2.75, 3.05) is 13.1 Å². The third-order valence-corrected chi connectivity index (χ3v) is 3.32. The van der Waals surface area contributed by atoms with Gasteiger partial charge in [0.05, 0.1) is 6.54 Å². The largest absolute Gasteiger partial charge is 0.489 e. The summed E-state index contributed by atoms with van der Waals surface area (Å²) in [6.07, 6.45) is 1.69. The number of likely N-dealkylation sites (tertiary alicyclic amines) is 1. The minimum absolute atomic E-state index is 0.0352. The van der Waals surface area contributed by atoms with Gasteiger partial charge in [0.2, 0.25) is 0 Å². The van der Waals surface area contributed by atoms with Crippen molar-refractivity contribution in [1.29, 1.82) is 0 Å². The number of amides is 1. The molecule has 0 N–H and O–H groups in total. The van der Waals surface area contributed by atoms with Crippen LogP contribution in [-0.4, -0.2) is 35.8 Å². The molecule has 2 rings (SSSR count). The van der Waals surface area contributed by atoms with Crippen LogP contribution in [0.1, 0.15) is 39.2 Å². The van der Waals surface area contributed by atoms with Crippen molar-refractivity contribution >= 4 is 6.09 Å². The Hall–Kier alpha value is -1.71. The van der Waals surface area contributed by atoms with E-state index in [9.17, 15) is 4.79 Å². The summed E-state index contributed by atoms with van der Waals surface area (Å²) in [6, 6.07) is 8.01. The molecule has 1 aromatic carbocycles. The Morgan fingerprint density at radius 1 is 1.33 bits per heavy atom. The molecule has 0 saturated carbocycles. The molecule has 1 saturated heterocycles. The fourth-order valence-electron chi connectivity index (χ4n) is 2.41. The van der Waals surface area contributed by atoms with Gasteiger partial charge in [0.25, 0.3) is 0 Å². The minimum atomic E-state index is -0.457. The van der Waals surface area contributed by atoms with Crippen molar-refractivity contribution in [1.82, 2.24) is 4.90 Å². The number of carbonyl (C=O) groups excluding carboxylic acids is 1. The Labute approximate surface area is 127 Å². The summed E-state index contributed by atoms with van der Waals surface area (Å²) in [5, 5.41) is 0. The minimum Gasteiger partial charge on any atom is -0.489 e. The number of piperidine rings is 1. The molecule has 4 nitrogen and oxygen atoms in total. The highest BCUT2D eigenvalue weighted by Gasteiger charge is 2.28. The second-order valence-corrected chi connectivity index (χ2v) is 6.62. The molecule has 0 spiro atoms. The first-order valence-corrected chi connectivity index (χ1v) is 7.55. The van der Waals surface area contributed by atoms with E-state index in [2.05, 4.69) is 0 Å². The van der Waals surface area contributed by atoms with Gasteiger partial charge in [-0.3, -0.25) is 0 Å². The molecule has 1 unspecified atom stereocenters. The summed E-state index contributed by atoms with van der Waals surface area (Å²) < 4.78 is 11.4. The lowest BCUT2D eigenvalue weighted by atomic mass is 10.1. The van der Waals surface area contributed by atoms with Gasteiger partial charge in [-0.05, 0) is 58.2 Å². The first kappa shape index (κ1) is 15.7. The summed E-state index contributed by atoms with van der Waals surface area (Å²) in [7, 11) is 0. The van der Waals surface area contributed by atoms with Crippen LogP contribution in [0.3, 0.4) is 0 Å². The average molecular weight is 291 g/mol. The summed E-state index contributed by atoms with van der Waals surface area (Å²) >= 11 is 0. The van der Waals surface area contributed by atoms with Gasteiger partial charge in [-0.1, -0.05) is 12.1 Å². The molecule has 4 heteroatoms. The van der Waals surface area contributed by atoms with Gasteiger partial charge >= 0.3 is 6.09 Å². The van der Waals surface area contributed by atoms with Crippen LogP contribution in [0.25, 0.3) is 0 Å². The number of ether oxygens (including phenoxy) is 2. The number of aryl methyl sites for hydroxylation is 1. The SMILES string of the molecule is Cc1cccc(OC2CCCN(C(=O)OC(C)(C)C)C2)c1. The summed E-state index contributed by atoms with van der Waals surface area (Å²) in [6.45, 7) is 9.02. The average Bonchev–Trinajstić information content (AvgIpc) is 2.37. The first-order valence-electron chi connectivity index (χ1n) is 7.55. The Kier molecular flexibility index (Phi) is 4.76. The van der Waals surface area contributed by atoms with Crippen LogP contribution in [0.5, 0.6) is 5.75 Å². The van der Waals surface area contributed by atoms with Gasteiger partial charge in [0.15, 0.2) is 0 Å². The van der Waals surface area contributed by atoms with Crippen LogP contribution in [0.15, 0.2) is 24.3 Å². The number of hydrogen-bond acceptors (Lipinski definition) is 3. The maximum absolute atomic E-state index is 12.1. The van der Waals surface area contributed by atoms with Crippen molar-refractivity contribution < 1.29 is 14.3 Å². The molecule has 1 aliphatic heterocycles. The molecule has 116 valence electrons. The third-order valence-electron chi connectivity index (χ3n) is 3.32. The van der Waals surface area contributed by atoms with Crippen LogP contribution in [0, 0.1) is 6.92 Å². The first-order chi connectivity index (χ1) is 9.83. The van der Waals surface area contributed by atoms with Crippen molar-refractivity contribution in [3.63, 3.8) is 0 Å². The fraction of sp³-hybridized carbons (Fsp3) is 0.588. The quantitative estimate of drug-likeness (QED) is 0.832. The highest BCUT2D eigenvalue weighted by molar-refractivity contribution is 5.68. The molecule has 21 heavy (non-hydrogen) atoms. The van der Waals surface area contributed by atoms with Crippen LogP contribution < -0.4 is 4.74 Å². The predicted molar refractivity (Wildman–Crippen MR) is 82.6 cm³/mol. The van der Waals surface area contributed by atoms with E-state index in [0.717, 1.165) is 25.1 Å². The molecule has 1 aliphatic rings. The lowest BCUT2D eigenvalue weighted by molar-refractivity contribution is 0.00775. The standard InChI is InChI=1S/C17H25NO3/c1-13-7-5-8-14(11-13)20-15-9-6-10-18(12-15)16(19)21-17(2,3)4/h5,7-8,11,15H,6,9-10,12H2,1-4H3. The van der Waals surface area contributed by atoms with Gasteiger partial charge < -0.3 is 14.4 Å². The van der Waals surface area contributed by atoms with Gasteiger partial charge in [0.1, 0.15) is 17.5 Å².